The van der Waals surface area contributed by atoms with E-state index in [2.05, 4.69) is 15.4 Å². The molecule has 7 heteroatoms. The van der Waals surface area contributed by atoms with E-state index in [1.807, 2.05) is 0 Å². The molecule has 1 saturated heterocycles. The predicted octanol–water partition coefficient (Wildman–Crippen LogP) is 0.459. The van der Waals surface area contributed by atoms with Crippen molar-refractivity contribution in [3.8, 4) is 5.88 Å². The zero-order valence-electron chi connectivity index (χ0n) is 8.65. The number of nitrogens with two attached hydrogens (primary N) is 1. The first-order valence-corrected chi connectivity index (χ1v) is 5.03. The van der Waals surface area contributed by atoms with Gasteiger partial charge in [-0.2, -0.15) is 9.37 Å². The van der Waals surface area contributed by atoms with Crippen LogP contribution in [0.25, 0.3) is 0 Å². The van der Waals surface area contributed by atoms with Crippen LogP contribution in [0.3, 0.4) is 0 Å². The highest BCUT2D eigenvalue weighted by Gasteiger charge is 2.17. The molecule has 1 aliphatic heterocycles. The van der Waals surface area contributed by atoms with Crippen molar-refractivity contribution < 1.29 is 13.9 Å². The summed E-state index contributed by atoms with van der Waals surface area (Å²) in [7, 11) is 0. The zero-order valence-corrected chi connectivity index (χ0v) is 8.65. The molecule has 0 bridgehead atoms. The minimum Gasteiger partial charge on any atom is -0.473 e. The normalized spacial score (nSPS) is 19.8. The Morgan fingerprint density at radius 1 is 1.69 bits per heavy atom. The number of hydrogen-bond acceptors (Lipinski definition) is 6. The van der Waals surface area contributed by atoms with Gasteiger partial charge in [0, 0.05) is 6.61 Å². The smallest absolute Gasteiger partial charge is 0.255 e. The summed E-state index contributed by atoms with van der Waals surface area (Å²) in [6, 6.07) is 0. The van der Waals surface area contributed by atoms with Crippen LogP contribution in [-0.2, 0) is 4.74 Å². The van der Waals surface area contributed by atoms with Gasteiger partial charge in [-0.3, -0.25) is 5.43 Å². The number of ether oxygens (including phenoxy) is 2. The van der Waals surface area contributed by atoms with Gasteiger partial charge in [-0.05, 0) is 12.8 Å². The van der Waals surface area contributed by atoms with E-state index < -0.39 is 5.82 Å². The fraction of sp³-hybridized carbons (Fsp3) is 0.556. The first kappa shape index (κ1) is 11.0. The van der Waals surface area contributed by atoms with Gasteiger partial charge < -0.3 is 9.47 Å². The minimum atomic E-state index is -0.614. The van der Waals surface area contributed by atoms with Crippen LogP contribution in [0.2, 0.25) is 0 Å². The van der Waals surface area contributed by atoms with E-state index in [1.54, 1.807) is 0 Å². The molecule has 1 fully saturated rings. The van der Waals surface area contributed by atoms with E-state index in [9.17, 15) is 4.39 Å². The van der Waals surface area contributed by atoms with E-state index in [0.717, 1.165) is 25.6 Å². The Labute approximate surface area is 91.9 Å². The third-order valence-corrected chi connectivity index (χ3v) is 2.27. The van der Waals surface area contributed by atoms with Gasteiger partial charge in [-0.1, -0.05) is 0 Å². The second kappa shape index (κ2) is 5.04. The SMILES string of the molecule is NNc1ncc(F)c(OCC2CCCO2)n1. The molecule has 0 saturated carbocycles. The molecule has 0 amide bonds. The van der Waals surface area contributed by atoms with Crippen molar-refractivity contribution in [2.75, 3.05) is 18.6 Å². The van der Waals surface area contributed by atoms with Gasteiger partial charge in [0.05, 0.1) is 12.3 Å². The predicted molar refractivity (Wildman–Crippen MR) is 54.3 cm³/mol. The standard InChI is InChI=1S/C9H13FN4O2/c10-7-4-12-9(14-11)13-8(7)16-5-6-2-1-3-15-6/h4,6H,1-3,5,11H2,(H,12,13,14). The Hall–Kier alpha value is -1.47. The number of rotatable bonds is 4. The molecule has 2 heterocycles. The summed E-state index contributed by atoms with van der Waals surface area (Å²) < 4.78 is 23.8. The van der Waals surface area contributed by atoms with Gasteiger partial charge in [0.2, 0.25) is 11.8 Å². The number of nitrogen functional groups attached to an aromatic ring is 1. The van der Waals surface area contributed by atoms with Gasteiger partial charge in [-0.15, -0.1) is 0 Å². The molecule has 2 rings (SSSR count). The summed E-state index contributed by atoms with van der Waals surface area (Å²) in [5.74, 6) is 4.50. The summed E-state index contributed by atoms with van der Waals surface area (Å²) >= 11 is 0. The molecule has 0 aliphatic carbocycles. The molecular formula is C9H13FN4O2. The summed E-state index contributed by atoms with van der Waals surface area (Å²) in [6.45, 7) is 1.02. The summed E-state index contributed by atoms with van der Waals surface area (Å²) in [5, 5.41) is 0. The monoisotopic (exact) mass is 228 g/mol. The van der Waals surface area contributed by atoms with E-state index in [1.165, 1.54) is 0 Å². The van der Waals surface area contributed by atoms with Crippen molar-refractivity contribution in [1.82, 2.24) is 9.97 Å². The van der Waals surface area contributed by atoms with Crippen LogP contribution in [0.4, 0.5) is 10.3 Å². The van der Waals surface area contributed by atoms with Crippen LogP contribution in [0.1, 0.15) is 12.8 Å². The topological polar surface area (TPSA) is 82.3 Å². The van der Waals surface area contributed by atoms with Crippen molar-refractivity contribution >= 4 is 5.95 Å². The van der Waals surface area contributed by atoms with Gasteiger partial charge >= 0.3 is 0 Å². The molecule has 0 spiro atoms. The molecule has 1 aromatic rings. The van der Waals surface area contributed by atoms with E-state index in [-0.39, 0.29) is 24.5 Å². The molecule has 1 unspecified atom stereocenters. The van der Waals surface area contributed by atoms with Crippen molar-refractivity contribution in [2.45, 2.75) is 18.9 Å². The Morgan fingerprint density at radius 2 is 2.56 bits per heavy atom. The molecule has 3 N–H and O–H groups in total. The quantitative estimate of drug-likeness (QED) is 0.575. The molecule has 0 aromatic carbocycles. The molecule has 16 heavy (non-hydrogen) atoms. The highest BCUT2D eigenvalue weighted by atomic mass is 19.1. The fourth-order valence-electron chi connectivity index (χ4n) is 1.47. The number of anilines is 1. The van der Waals surface area contributed by atoms with Crippen LogP contribution < -0.4 is 16.0 Å². The van der Waals surface area contributed by atoms with Crippen molar-refractivity contribution in [3.63, 3.8) is 0 Å². The maximum absolute atomic E-state index is 13.2. The fourth-order valence-corrected chi connectivity index (χ4v) is 1.47. The maximum atomic E-state index is 13.2. The third kappa shape index (κ3) is 2.56. The molecule has 6 nitrogen and oxygen atoms in total. The minimum absolute atomic E-state index is 0.0173. The Morgan fingerprint density at radius 3 is 3.25 bits per heavy atom. The molecular weight excluding hydrogens is 215 g/mol. The van der Waals surface area contributed by atoms with Gasteiger partial charge in [-0.25, -0.2) is 10.8 Å². The lowest BCUT2D eigenvalue weighted by molar-refractivity contribution is 0.0647. The Bertz CT molecular complexity index is 357. The lowest BCUT2D eigenvalue weighted by atomic mass is 10.2. The number of nitrogens with zero attached hydrogens (tertiary/aromatic N) is 2. The van der Waals surface area contributed by atoms with Gasteiger partial charge in [0.15, 0.2) is 0 Å². The lowest BCUT2D eigenvalue weighted by Crippen LogP contribution is -2.18. The molecule has 1 aromatic heterocycles. The first-order valence-electron chi connectivity index (χ1n) is 5.03. The van der Waals surface area contributed by atoms with Crippen molar-refractivity contribution in [2.24, 2.45) is 5.84 Å². The second-order valence-electron chi connectivity index (χ2n) is 3.44. The average molecular weight is 228 g/mol. The van der Waals surface area contributed by atoms with Crippen LogP contribution in [0.15, 0.2) is 6.20 Å². The third-order valence-electron chi connectivity index (χ3n) is 2.27. The van der Waals surface area contributed by atoms with Crippen LogP contribution in [0.5, 0.6) is 5.88 Å². The number of hydrazine groups is 1. The molecule has 1 aliphatic rings. The lowest BCUT2D eigenvalue weighted by Gasteiger charge is -2.11. The van der Waals surface area contributed by atoms with Gasteiger partial charge in [0.1, 0.15) is 6.61 Å². The highest BCUT2D eigenvalue weighted by Crippen LogP contribution is 2.17. The van der Waals surface area contributed by atoms with E-state index >= 15 is 0 Å². The Kier molecular flexibility index (Phi) is 3.47. The summed E-state index contributed by atoms with van der Waals surface area (Å²) in [5.41, 5.74) is 2.22. The first-order chi connectivity index (χ1) is 7.79. The van der Waals surface area contributed by atoms with E-state index in [4.69, 9.17) is 15.3 Å². The van der Waals surface area contributed by atoms with Crippen molar-refractivity contribution in [3.05, 3.63) is 12.0 Å². The molecule has 1 atom stereocenters. The number of nitrogens with one attached hydrogen (secondary N) is 1. The van der Waals surface area contributed by atoms with Crippen LogP contribution in [0, 0.1) is 5.82 Å². The Balaban J connectivity index is 1.96. The number of aromatic nitrogens is 2. The van der Waals surface area contributed by atoms with Crippen LogP contribution >= 0.6 is 0 Å². The largest absolute Gasteiger partial charge is 0.473 e. The van der Waals surface area contributed by atoms with Crippen molar-refractivity contribution in [1.29, 1.82) is 0 Å². The molecule has 0 radical (unpaired) electrons. The van der Waals surface area contributed by atoms with E-state index in [0.29, 0.717) is 0 Å². The number of hydrogen-bond donors (Lipinski definition) is 2. The number of halogens is 1. The zero-order chi connectivity index (χ0) is 11.4. The van der Waals surface area contributed by atoms with Crippen LogP contribution in [-0.4, -0.2) is 29.3 Å². The second-order valence-corrected chi connectivity index (χ2v) is 3.44. The van der Waals surface area contributed by atoms with Gasteiger partial charge in [0.25, 0.3) is 5.88 Å². The highest BCUT2D eigenvalue weighted by molar-refractivity contribution is 5.26. The average Bonchev–Trinajstić information content (AvgIpc) is 2.81. The summed E-state index contributed by atoms with van der Waals surface area (Å²) in [6.07, 6.45) is 2.96. The summed E-state index contributed by atoms with van der Waals surface area (Å²) in [4.78, 5) is 7.36. The molecule has 88 valence electrons. The maximum Gasteiger partial charge on any atom is 0.255 e.